The van der Waals surface area contributed by atoms with E-state index in [1.165, 1.54) is 11.3 Å². The van der Waals surface area contributed by atoms with Crippen molar-refractivity contribution in [2.75, 3.05) is 6.54 Å². The van der Waals surface area contributed by atoms with E-state index in [2.05, 4.69) is 35.9 Å². The minimum absolute atomic E-state index is 0.263. The number of hydrogen-bond acceptors (Lipinski definition) is 5. The summed E-state index contributed by atoms with van der Waals surface area (Å²) in [6, 6.07) is 1.27. The molecule has 0 amide bonds. The quantitative estimate of drug-likeness (QED) is 0.674. The highest BCUT2D eigenvalue weighted by molar-refractivity contribution is 9.11. The van der Waals surface area contributed by atoms with E-state index < -0.39 is 16.1 Å². The van der Waals surface area contributed by atoms with E-state index >= 15 is 0 Å². The normalized spacial score (nSPS) is 13.5. The molecule has 3 N–H and O–H groups in total. The summed E-state index contributed by atoms with van der Waals surface area (Å²) >= 11 is 4.75. The van der Waals surface area contributed by atoms with Crippen molar-refractivity contribution in [1.82, 2.24) is 20.0 Å². The van der Waals surface area contributed by atoms with Gasteiger partial charge in [-0.1, -0.05) is 6.92 Å². The predicted octanol–water partition coefficient (Wildman–Crippen LogP) is 2.38. The Bertz CT molecular complexity index is 682. The third kappa shape index (κ3) is 4.13. The molecule has 0 saturated heterocycles. The number of nitrogens with zero attached hydrogens (tertiary/aromatic N) is 1. The molecule has 116 valence electrons. The van der Waals surface area contributed by atoms with E-state index in [9.17, 15) is 8.42 Å². The fourth-order valence-electron chi connectivity index (χ4n) is 1.78. The Morgan fingerprint density at radius 2 is 2.29 bits per heavy atom. The average Bonchev–Trinajstić information content (AvgIpc) is 3.05. The second-order valence-electron chi connectivity index (χ2n) is 4.45. The van der Waals surface area contributed by atoms with Gasteiger partial charge in [-0.3, -0.25) is 0 Å². The Morgan fingerprint density at radius 1 is 1.52 bits per heavy atom. The highest BCUT2D eigenvalue weighted by Crippen LogP contribution is 2.32. The first-order chi connectivity index (χ1) is 9.94. The van der Waals surface area contributed by atoms with Gasteiger partial charge in [-0.25, -0.2) is 18.1 Å². The molecule has 0 fully saturated rings. The summed E-state index contributed by atoms with van der Waals surface area (Å²) in [5.41, 5.74) is 0. The summed E-state index contributed by atoms with van der Waals surface area (Å²) in [6.45, 7) is 5.25. The van der Waals surface area contributed by atoms with Gasteiger partial charge in [-0.2, -0.15) is 0 Å². The van der Waals surface area contributed by atoms with Crippen LogP contribution >= 0.6 is 27.3 Å². The Hall–Kier alpha value is -0.740. The van der Waals surface area contributed by atoms with E-state index in [4.69, 9.17) is 0 Å². The molecule has 2 aromatic rings. The van der Waals surface area contributed by atoms with Gasteiger partial charge in [0.2, 0.25) is 10.0 Å². The van der Waals surface area contributed by atoms with Crippen LogP contribution in [-0.4, -0.2) is 24.9 Å². The van der Waals surface area contributed by atoms with Crippen LogP contribution < -0.4 is 10.0 Å². The SMILES string of the molecule is CCNCc1cc(S(=O)(=O)NC(C)c2ncc[nH]2)c(Br)s1. The van der Waals surface area contributed by atoms with E-state index in [-0.39, 0.29) is 4.90 Å². The molecule has 1 unspecified atom stereocenters. The standard InChI is InChI=1S/C12H17BrN4O2S2/c1-3-14-7-9-6-10(11(13)20-9)21(18,19)17-8(2)12-15-4-5-16-12/h4-6,8,14,17H,3,7H2,1-2H3,(H,15,16). The Morgan fingerprint density at radius 3 is 2.90 bits per heavy atom. The molecule has 0 aliphatic rings. The number of sulfonamides is 1. The van der Waals surface area contributed by atoms with Gasteiger partial charge in [0, 0.05) is 23.8 Å². The van der Waals surface area contributed by atoms with Gasteiger partial charge in [-0.05, 0) is 35.5 Å². The van der Waals surface area contributed by atoms with Gasteiger partial charge in [0.1, 0.15) is 10.7 Å². The number of nitrogens with one attached hydrogen (secondary N) is 3. The highest BCUT2D eigenvalue weighted by atomic mass is 79.9. The molecule has 6 nitrogen and oxygen atoms in total. The number of halogens is 1. The van der Waals surface area contributed by atoms with Crippen molar-refractivity contribution in [2.24, 2.45) is 0 Å². The highest BCUT2D eigenvalue weighted by Gasteiger charge is 2.24. The number of H-pyrrole nitrogens is 1. The zero-order chi connectivity index (χ0) is 15.5. The van der Waals surface area contributed by atoms with Crippen molar-refractivity contribution in [3.63, 3.8) is 0 Å². The number of rotatable bonds is 7. The summed E-state index contributed by atoms with van der Waals surface area (Å²) in [7, 11) is -3.59. The van der Waals surface area contributed by atoms with Crippen molar-refractivity contribution in [2.45, 2.75) is 31.3 Å². The number of hydrogen-bond donors (Lipinski definition) is 3. The molecule has 0 aliphatic heterocycles. The van der Waals surface area contributed by atoms with Crippen molar-refractivity contribution < 1.29 is 8.42 Å². The van der Waals surface area contributed by atoms with Gasteiger partial charge >= 0.3 is 0 Å². The van der Waals surface area contributed by atoms with Crippen LogP contribution in [0.25, 0.3) is 0 Å². The molecule has 2 heterocycles. The van der Waals surface area contributed by atoms with Crippen LogP contribution in [0.15, 0.2) is 27.1 Å². The fraction of sp³-hybridized carbons (Fsp3) is 0.417. The van der Waals surface area contributed by atoms with Gasteiger partial charge in [0.15, 0.2) is 0 Å². The monoisotopic (exact) mass is 392 g/mol. The molecule has 0 aromatic carbocycles. The molecule has 0 saturated carbocycles. The summed E-state index contributed by atoms with van der Waals surface area (Å²) in [5.74, 6) is 0.581. The largest absolute Gasteiger partial charge is 0.347 e. The van der Waals surface area contributed by atoms with E-state index in [1.54, 1.807) is 25.4 Å². The summed E-state index contributed by atoms with van der Waals surface area (Å²) < 4.78 is 28.1. The Kier molecular flexibility index (Phi) is 5.55. The molecule has 0 bridgehead atoms. The van der Waals surface area contributed by atoms with Gasteiger partial charge in [-0.15, -0.1) is 11.3 Å². The van der Waals surface area contributed by atoms with E-state index in [1.807, 2.05) is 6.92 Å². The van der Waals surface area contributed by atoms with Crippen molar-refractivity contribution in [1.29, 1.82) is 0 Å². The third-order valence-electron chi connectivity index (χ3n) is 2.81. The first-order valence-corrected chi connectivity index (χ1v) is 9.54. The molecular weight excluding hydrogens is 376 g/mol. The topological polar surface area (TPSA) is 86.9 Å². The lowest BCUT2D eigenvalue weighted by Crippen LogP contribution is -2.27. The molecule has 9 heteroatoms. The number of imidazole rings is 1. The maximum atomic E-state index is 12.4. The molecule has 2 aromatic heterocycles. The summed E-state index contributed by atoms with van der Waals surface area (Å²) in [4.78, 5) is 8.19. The van der Waals surface area contributed by atoms with E-state index in [0.717, 1.165) is 11.4 Å². The minimum Gasteiger partial charge on any atom is -0.347 e. The number of aromatic nitrogens is 2. The van der Waals surface area contributed by atoms with Gasteiger partial charge in [0.25, 0.3) is 0 Å². The predicted molar refractivity (Wildman–Crippen MR) is 86.7 cm³/mol. The van der Waals surface area contributed by atoms with Crippen LogP contribution in [0.2, 0.25) is 0 Å². The van der Waals surface area contributed by atoms with Crippen LogP contribution in [0.3, 0.4) is 0 Å². The molecule has 1 atom stereocenters. The lowest BCUT2D eigenvalue weighted by Gasteiger charge is -2.11. The lowest BCUT2D eigenvalue weighted by atomic mass is 10.3. The third-order valence-corrected chi connectivity index (χ3v) is 6.60. The Labute approximate surface area is 136 Å². The van der Waals surface area contributed by atoms with E-state index in [0.29, 0.717) is 16.2 Å². The van der Waals surface area contributed by atoms with Crippen LogP contribution in [0.4, 0.5) is 0 Å². The zero-order valence-electron chi connectivity index (χ0n) is 11.7. The fourth-order valence-corrected chi connectivity index (χ4v) is 5.64. The van der Waals surface area contributed by atoms with Crippen LogP contribution in [0.5, 0.6) is 0 Å². The summed E-state index contributed by atoms with van der Waals surface area (Å²) in [5, 5.41) is 3.18. The second kappa shape index (κ2) is 7.01. The number of aromatic amines is 1. The molecule has 21 heavy (non-hydrogen) atoms. The minimum atomic E-state index is -3.59. The van der Waals surface area contributed by atoms with Crippen molar-refractivity contribution >= 4 is 37.3 Å². The zero-order valence-corrected chi connectivity index (χ0v) is 14.9. The maximum absolute atomic E-state index is 12.4. The molecule has 0 radical (unpaired) electrons. The van der Waals surface area contributed by atoms with Crippen LogP contribution in [0, 0.1) is 0 Å². The first-order valence-electron chi connectivity index (χ1n) is 6.44. The molecular formula is C12H17BrN4O2S2. The van der Waals surface area contributed by atoms with Gasteiger partial charge in [0.05, 0.1) is 9.83 Å². The van der Waals surface area contributed by atoms with Crippen molar-refractivity contribution in [3.8, 4) is 0 Å². The van der Waals surface area contributed by atoms with Gasteiger partial charge < -0.3 is 10.3 Å². The first kappa shape index (κ1) is 16.6. The van der Waals surface area contributed by atoms with Crippen LogP contribution in [-0.2, 0) is 16.6 Å². The Balaban J connectivity index is 2.17. The number of thiophene rings is 1. The maximum Gasteiger partial charge on any atom is 0.243 e. The molecule has 0 aliphatic carbocycles. The smallest absolute Gasteiger partial charge is 0.243 e. The molecule has 0 spiro atoms. The van der Waals surface area contributed by atoms with Crippen molar-refractivity contribution in [3.05, 3.63) is 32.9 Å². The summed E-state index contributed by atoms with van der Waals surface area (Å²) in [6.07, 6.45) is 3.25. The van der Waals surface area contributed by atoms with Crippen LogP contribution in [0.1, 0.15) is 30.6 Å². The second-order valence-corrected chi connectivity index (χ2v) is 8.59. The average molecular weight is 393 g/mol. The molecule has 2 rings (SSSR count). The lowest BCUT2D eigenvalue weighted by molar-refractivity contribution is 0.561.